The molecule has 10 nitrogen and oxygen atoms in total. The summed E-state index contributed by atoms with van der Waals surface area (Å²) in [7, 11) is 0. The van der Waals surface area contributed by atoms with Crippen LogP contribution in [-0.4, -0.2) is 50.4 Å². The van der Waals surface area contributed by atoms with Crippen molar-refractivity contribution in [2.45, 2.75) is 6.92 Å². The number of ether oxygens (including phenoxy) is 4. The van der Waals surface area contributed by atoms with Crippen molar-refractivity contribution >= 4 is 34.9 Å². The maximum atomic E-state index is 12.1. The Morgan fingerprint density at radius 3 is 2.00 bits per heavy atom. The summed E-state index contributed by atoms with van der Waals surface area (Å²) in [5.74, 6) is -0.560. The molecule has 0 atom stereocenters. The van der Waals surface area contributed by atoms with Crippen LogP contribution in [0.2, 0.25) is 0 Å². The van der Waals surface area contributed by atoms with Crippen LogP contribution in [0.1, 0.15) is 5.56 Å². The molecule has 33 heavy (non-hydrogen) atoms. The van der Waals surface area contributed by atoms with E-state index in [-0.39, 0.29) is 32.1 Å². The summed E-state index contributed by atoms with van der Waals surface area (Å²) >= 11 is 0. The van der Waals surface area contributed by atoms with Gasteiger partial charge in [-0.1, -0.05) is 25.3 Å². The fraction of sp³-hybridized carbons (Fsp3) is 0.217. The molecular weight excluding hydrogens is 432 g/mol. The molecule has 174 valence electrons. The number of carbonyl (C=O) groups is 4. The normalized spacial score (nSPS) is 9.97. The van der Waals surface area contributed by atoms with E-state index >= 15 is 0 Å². The number of fused-ring (bicyclic) bond motifs is 1. The molecule has 10 heteroatoms. The maximum Gasteiger partial charge on any atom is 0.412 e. The fourth-order valence-corrected chi connectivity index (χ4v) is 2.59. The Labute approximate surface area is 190 Å². The van der Waals surface area contributed by atoms with Crippen LogP contribution in [0.15, 0.2) is 55.6 Å². The monoisotopic (exact) mass is 456 g/mol. The topological polar surface area (TPSA) is 129 Å². The predicted molar refractivity (Wildman–Crippen MR) is 119 cm³/mol. The van der Waals surface area contributed by atoms with Gasteiger partial charge in [0.25, 0.3) is 0 Å². The molecule has 0 aliphatic rings. The fourth-order valence-electron chi connectivity index (χ4n) is 2.59. The zero-order chi connectivity index (χ0) is 24.2. The number of benzene rings is 2. The van der Waals surface area contributed by atoms with Gasteiger partial charge < -0.3 is 29.6 Å². The van der Waals surface area contributed by atoms with E-state index in [0.29, 0.717) is 16.5 Å². The quantitative estimate of drug-likeness (QED) is 0.317. The summed E-state index contributed by atoms with van der Waals surface area (Å²) in [4.78, 5) is 46.0. The minimum atomic E-state index is -0.718. The second kappa shape index (κ2) is 12.5. The number of carbonyl (C=O) groups excluding carboxylic acids is 4. The summed E-state index contributed by atoms with van der Waals surface area (Å²) in [6.45, 7) is 8.44. The van der Waals surface area contributed by atoms with Gasteiger partial charge in [0, 0.05) is 17.5 Å². The molecular formula is C23H24N2O8. The van der Waals surface area contributed by atoms with Crippen molar-refractivity contribution < 1.29 is 38.1 Å². The van der Waals surface area contributed by atoms with Crippen molar-refractivity contribution in [3.8, 4) is 11.5 Å². The van der Waals surface area contributed by atoms with E-state index in [1.807, 2.05) is 0 Å². The Bertz CT molecular complexity index is 1060. The van der Waals surface area contributed by atoms with E-state index in [0.717, 1.165) is 17.7 Å². The minimum Gasteiger partial charge on any atom is -0.461 e. The molecule has 2 amide bonds. The van der Waals surface area contributed by atoms with Gasteiger partial charge in [0.1, 0.15) is 24.7 Å². The van der Waals surface area contributed by atoms with Crippen LogP contribution in [0.25, 0.3) is 10.8 Å². The lowest BCUT2D eigenvalue weighted by atomic mass is 10.1. The molecule has 0 unspecified atom stereocenters. The Hall–Kier alpha value is -4.34. The predicted octanol–water partition coefficient (Wildman–Crippen LogP) is 2.78. The molecule has 2 aromatic carbocycles. The van der Waals surface area contributed by atoms with Gasteiger partial charge in [0.15, 0.2) is 0 Å². The number of aryl methyl sites for hydroxylation is 1. The largest absolute Gasteiger partial charge is 0.461 e. The first-order chi connectivity index (χ1) is 15.8. The van der Waals surface area contributed by atoms with E-state index < -0.39 is 24.1 Å². The average molecular weight is 456 g/mol. The molecule has 2 aromatic rings. The molecule has 0 spiro atoms. The standard InChI is InChI=1S/C23H24N2O8/c1-4-19(26)30-12-10-24-22(28)32-17-8-9-18-16(14-17)7-6-15(3)21(18)33-23(29)25-11-13-31-20(27)5-2/h4-9,14H,1-2,10-13H2,3H3,(H,24,28)(H,25,29). The smallest absolute Gasteiger partial charge is 0.412 e. The third kappa shape index (κ3) is 8.02. The van der Waals surface area contributed by atoms with Gasteiger partial charge in [-0.2, -0.15) is 0 Å². The highest BCUT2D eigenvalue weighted by Crippen LogP contribution is 2.32. The maximum absolute atomic E-state index is 12.1. The van der Waals surface area contributed by atoms with Crippen LogP contribution in [0.5, 0.6) is 11.5 Å². The summed E-state index contributed by atoms with van der Waals surface area (Å²) in [6.07, 6.45) is 0.624. The molecule has 0 saturated heterocycles. The highest BCUT2D eigenvalue weighted by molar-refractivity contribution is 5.93. The van der Waals surface area contributed by atoms with Gasteiger partial charge in [0.05, 0.1) is 13.1 Å². The zero-order valence-electron chi connectivity index (χ0n) is 18.1. The van der Waals surface area contributed by atoms with Crippen molar-refractivity contribution in [1.82, 2.24) is 10.6 Å². The van der Waals surface area contributed by atoms with Crippen LogP contribution in [-0.2, 0) is 19.1 Å². The first kappa shape index (κ1) is 24.9. The molecule has 0 radical (unpaired) electrons. The van der Waals surface area contributed by atoms with Crippen molar-refractivity contribution in [2.24, 2.45) is 0 Å². The molecule has 0 saturated carbocycles. The average Bonchev–Trinajstić information content (AvgIpc) is 2.81. The molecule has 0 bridgehead atoms. The van der Waals surface area contributed by atoms with E-state index in [1.165, 1.54) is 0 Å². The molecule has 0 aliphatic heterocycles. The molecule has 0 fully saturated rings. The Morgan fingerprint density at radius 1 is 0.848 bits per heavy atom. The van der Waals surface area contributed by atoms with Crippen molar-refractivity contribution in [3.63, 3.8) is 0 Å². The highest BCUT2D eigenvalue weighted by Gasteiger charge is 2.13. The first-order valence-electron chi connectivity index (χ1n) is 9.87. The second-order valence-corrected chi connectivity index (χ2v) is 6.47. The Balaban J connectivity index is 1.96. The molecule has 2 N–H and O–H groups in total. The van der Waals surface area contributed by atoms with Crippen LogP contribution in [0.3, 0.4) is 0 Å². The summed E-state index contributed by atoms with van der Waals surface area (Å²) in [5.41, 5.74) is 0.719. The molecule has 0 heterocycles. The van der Waals surface area contributed by atoms with Crippen LogP contribution >= 0.6 is 0 Å². The van der Waals surface area contributed by atoms with Crippen LogP contribution in [0.4, 0.5) is 9.59 Å². The van der Waals surface area contributed by atoms with E-state index in [2.05, 4.69) is 23.8 Å². The van der Waals surface area contributed by atoms with E-state index in [4.69, 9.17) is 18.9 Å². The lowest BCUT2D eigenvalue weighted by Gasteiger charge is -2.13. The number of esters is 2. The number of hydrogen-bond acceptors (Lipinski definition) is 8. The van der Waals surface area contributed by atoms with Crippen molar-refractivity contribution in [1.29, 1.82) is 0 Å². The number of amides is 2. The van der Waals surface area contributed by atoms with Gasteiger partial charge in [-0.25, -0.2) is 19.2 Å². The van der Waals surface area contributed by atoms with Crippen LogP contribution < -0.4 is 20.1 Å². The summed E-state index contributed by atoms with van der Waals surface area (Å²) < 4.78 is 20.2. The first-order valence-corrected chi connectivity index (χ1v) is 9.87. The Kier molecular flexibility index (Phi) is 9.44. The van der Waals surface area contributed by atoms with Gasteiger partial charge >= 0.3 is 24.1 Å². The van der Waals surface area contributed by atoms with Gasteiger partial charge in [-0.15, -0.1) is 0 Å². The van der Waals surface area contributed by atoms with Crippen LogP contribution in [0, 0.1) is 6.92 Å². The van der Waals surface area contributed by atoms with Gasteiger partial charge in [-0.3, -0.25) is 0 Å². The van der Waals surface area contributed by atoms with Gasteiger partial charge in [-0.05, 0) is 36.1 Å². The van der Waals surface area contributed by atoms with Crippen molar-refractivity contribution in [3.05, 3.63) is 61.2 Å². The lowest BCUT2D eigenvalue weighted by Crippen LogP contribution is -2.30. The molecule has 0 aromatic heterocycles. The third-order valence-electron chi connectivity index (χ3n) is 4.11. The summed E-state index contributed by atoms with van der Waals surface area (Å²) in [6, 6.07) is 8.38. The number of hydrogen-bond donors (Lipinski definition) is 2. The van der Waals surface area contributed by atoms with Crippen molar-refractivity contribution in [2.75, 3.05) is 26.3 Å². The Morgan fingerprint density at radius 2 is 1.42 bits per heavy atom. The minimum absolute atomic E-state index is 0.0175. The molecule has 2 rings (SSSR count). The van der Waals surface area contributed by atoms with E-state index in [1.54, 1.807) is 37.3 Å². The zero-order valence-corrected chi connectivity index (χ0v) is 18.1. The summed E-state index contributed by atoms with van der Waals surface area (Å²) in [5, 5.41) is 6.25. The molecule has 0 aliphatic carbocycles. The number of nitrogens with one attached hydrogen (secondary N) is 2. The van der Waals surface area contributed by atoms with Gasteiger partial charge in [0.2, 0.25) is 0 Å². The van der Waals surface area contributed by atoms with E-state index in [9.17, 15) is 19.2 Å². The third-order valence-corrected chi connectivity index (χ3v) is 4.11. The highest BCUT2D eigenvalue weighted by atomic mass is 16.6. The lowest BCUT2D eigenvalue weighted by molar-refractivity contribution is -0.138. The second-order valence-electron chi connectivity index (χ2n) is 6.47. The SMILES string of the molecule is C=CC(=O)OCCNC(=O)Oc1ccc2c(OC(=O)NCCOC(=O)C=C)c(C)ccc2c1. The number of rotatable bonds is 10.